The molecular formula is C21H21ClO6. The first-order chi connectivity index (χ1) is 13.3. The van der Waals surface area contributed by atoms with Crippen LogP contribution in [0.1, 0.15) is 38.3 Å². The molecule has 1 N–H and O–H groups in total. The molecule has 0 aliphatic heterocycles. The molecule has 0 saturated carbocycles. The number of aliphatic hydroxyl groups excluding tert-OH is 1. The van der Waals surface area contributed by atoms with Gasteiger partial charge in [-0.05, 0) is 49.7 Å². The molecule has 0 saturated heterocycles. The van der Waals surface area contributed by atoms with E-state index in [4.69, 9.17) is 21.1 Å². The summed E-state index contributed by atoms with van der Waals surface area (Å²) >= 11 is 5.39. The summed E-state index contributed by atoms with van der Waals surface area (Å²) in [6, 6.07) is 13.3. The lowest BCUT2D eigenvalue weighted by Gasteiger charge is -2.22. The van der Waals surface area contributed by atoms with Crippen molar-refractivity contribution in [3.8, 4) is 0 Å². The molecule has 28 heavy (non-hydrogen) atoms. The summed E-state index contributed by atoms with van der Waals surface area (Å²) in [5.41, 5.74) is 2.54. The average Bonchev–Trinajstić information content (AvgIpc) is 2.66. The highest BCUT2D eigenvalue weighted by Crippen LogP contribution is 2.14. The fourth-order valence-electron chi connectivity index (χ4n) is 2.35. The van der Waals surface area contributed by atoms with Gasteiger partial charge in [0.1, 0.15) is 18.8 Å². The number of carbonyl (C=O) groups is 3. The van der Waals surface area contributed by atoms with Crippen molar-refractivity contribution >= 4 is 28.8 Å². The van der Waals surface area contributed by atoms with E-state index in [-0.39, 0.29) is 5.56 Å². The number of carbonyl (C=O) groups excluding carboxylic acids is 3. The van der Waals surface area contributed by atoms with E-state index in [2.05, 4.69) is 0 Å². The summed E-state index contributed by atoms with van der Waals surface area (Å²) in [4.78, 5) is 35.6. The average molecular weight is 405 g/mol. The molecule has 0 unspecified atom stereocenters. The van der Waals surface area contributed by atoms with Gasteiger partial charge in [0.05, 0.1) is 17.5 Å². The Kier molecular flexibility index (Phi) is 7.72. The van der Waals surface area contributed by atoms with Crippen LogP contribution in [-0.2, 0) is 14.3 Å². The van der Waals surface area contributed by atoms with Gasteiger partial charge in [-0.25, -0.2) is 9.59 Å². The van der Waals surface area contributed by atoms with Crippen LogP contribution in [0.2, 0.25) is 0 Å². The number of hydrogen-bond donors (Lipinski definition) is 1. The van der Waals surface area contributed by atoms with Gasteiger partial charge in [0.15, 0.2) is 0 Å². The Bertz CT molecular complexity index is 829. The topological polar surface area (TPSA) is 89.9 Å². The second-order valence-electron chi connectivity index (χ2n) is 6.40. The van der Waals surface area contributed by atoms with Crippen LogP contribution < -0.4 is 0 Å². The third-order valence-electron chi connectivity index (χ3n) is 4.01. The Hall–Kier alpha value is -2.70. The molecule has 2 rings (SSSR count). The van der Waals surface area contributed by atoms with Crippen molar-refractivity contribution in [2.75, 3.05) is 6.61 Å². The molecule has 0 aliphatic rings. The summed E-state index contributed by atoms with van der Waals surface area (Å²) in [6.07, 6.45) is -3.07. The molecular weight excluding hydrogens is 384 g/mol. The Labute approximate surface area is 168 Å². The molecule has 148 valence electrons. The monoisotopic (exact) mass is 404 g/mol. The van der Waals surface area contributed by atoms with Crippen molar-refractivity contribution in [2.45, 2.75) is 32.5 Å². The van der Waals surface area contributed by atoms with Crippen LogP contribution in [0.25, 0.3) is 0 Å². The Morgan fingerprint density at radius 1 is 0.893 bits per heavy atom. The number of ether oxygens (including phenoxy) is 2. The maximum absolute atomic E-state index is 12.2. The van der Waals surface area contributed by atoms with E-state index >= 15 is 0 Å². The fraction of sp³-hybridized carbons (Fsp3) is 0.286. The summed E-state index contributed by atoms with van der Waals surface area (Å²) in [5, 5.41) is 9.49. The van der Waals surface area contributed by atoms with Gasteiger partial charge in [0, 0.05) is 0 Å². The number of rotatable bonds is 8. The fourth-order valence-corrected chi connectivity index (χ4v) is 2.50. The van der Waals surface area contributed by atoms with E-state index < -0.39 is 42.4 Å². The van der Waals surface area contributed by atoms with Gasteiger partial charge in [0.25, 0.3) is 0 Å². The minimum atomic E-state index is -1.41. The number of hydrogen-bond acceptors (Lipinski definition) is 6. The summed E-state index contributed by atoms with van der Waals surface area (Å²) in [7, 11) is 0. The van der Waals surface area contributed by atoms with Gasteiger partial charge in [-0.3, -0.25) is 4.79 Å². The summed E-state index contributed by atoms with van der Waals surface area (Å²) in [6.45, 7) is 3.30. The third-order valence-corrected chi connectivity index (χ3v) is 4.16. The largest absolute Gasteiger partial charge is 0.459 e. The van der Waals surface area contributed by atoms with Gasteiger partial charge >= 0.3 is 11.9 Å². The zero-order chi connectivity index (χ0) is 20.7. The SMILES string of the molecule is Cc1ccc(C(=O)OC[C@H](O)[C@@H](CC(=O)Cl)OC(=O)c2ccc(C)cc2)cc1. The van der Waals surface area contributed by atoms with Crippen molar-refractivity contribution in [1.29, 1.82) is 0 Å². The lowest BCUT2D eigenvalue weighted by molar-refractivity contribution is -0.116. The smallest absolute Gasteiger partial charge is 0.338 e. The van der Waals surface area contributed by atoms with Crippen LogP contribution in [0.5, 0.6) is 0 Å². The molecule has 0 fully saturated rings. The van der Waals surface area contributed by atoms with Crippen LogP contribution in [-0.4, -0.2) is 41.1 Å². The highest BCUT2D eigenvalue weighted by atomic mass is 35.5. The Balaban J connectivity index is 1.99. The Morgan fingerprint density at radius 2 is 1.36 bits per heavy atom. The standard InChI is InChI=1S/C21H21ClO6/c1-13-3-7-15(8-4-13)20(25)27-12-17(23)18(11-19(22)24)28-21(26)16-9-5-14(2)6-10-16/h3-10,17-18,23H,11-12H2,1-2H3/t17-,18+/m0/s1. The molecule has 7 heteroatoms. The normalized spacial score (nSPS) is 12.7. The molecule has 0 aliphatic carbocycles. The minimum Gasteiger partial charge on any atom is -0.459 e. The van der Waals surface area contributed by atoms with E-state index in [0.29, 0.717) is 5.56 Å². The first kappa shape index (κ1) is 21.6. The first-order valence-electron chi connectivity index (χ1n) is 8.64. The van der Waals surface area contributed by atoms with Crippen molar-refractivity contribution in [1.82, 2.24) is 0 Å². The number of halogens is 1. The predicted molar refractivity (Wildman–Crippen MR) is 103 cm³/mol. The van der Waals surface area contributed by atoms with Gasteiger partial charge in [0.2, 0.25) is 5.24 Å². The molecule has 0 radical (unpaired) electrons. The second kappa shape index (κ2) is 10.0. The highest BCUT2D eigenvalue weighted by molar-refractivity contribution is 6.63. The lowest BCUT2D eigenvalue weighted by Crippen LogP contribution is -2.36. The van der Waals surface area contributed by atoms with E-state index in [1.807, 2.05) is 13.8 Å². The lowest BCUT2D eigenvalue weighted by atomic mass is 10.1. The molecule has 0 bridgehead atoms. The zero-order valence-corrected chi connectivity index (χ0v) is 16.3. The number of benzene rings is 2. The van der Waals surface area contributed by atoms with Gasteiger partial charge in [-0.1, -0.05) is 35.4 Å². The van der Waals surface area contributed by atoms with Crippen molar-refractivity contribution < 1.29 is 29.0 Å². The maximum Gasteiger partial charge on any atom is 0.338 e. The van der Waals surface area contributed by atoms with E-state index in [0.717, 1.165) is 11.1 Å². The van der Waals surface area contributed by atoms with Crippen LogP contribution >= 0.6 is 11.6 Å². The predicted octanol–water partition coefficient (Wildman–Crippen LogP) is 3.20. The molecule has 0 amide bonds. The van der Waals surface area contributed by atoms with Crippen molar-refractivity contribution in [2.24, 2.45) is 0 Å². The first-order valence-corrected chi connectivity index (χ1v) is 9.02. The summed E-state index contributed by atoms with van der Waals surface area (Å²) < 4.78 is 10.3. The molecule has 0 spiro atoms. The van der Waals surface area contributed by atoms with E-state index in [1.54, 1.807) is 48.5 Å². The molecule has 0 aromatic heterocycles. The highest BCUT2D eigenvalue weighted by Gasteiger charge is 2.27. The van der Waals surface area contributed by atoms with Crippen molar-refractivity contribution in [3.63, 3.8) is 0 Å². The molecule has 2 aromatic carbocycles. The molecule has 6 nitrogen and oxygen atoms in total. The number of aliphatic hydroxyl groups is 1. The van der Waals surface area contributed by atoms with E-state index in [1.165, 1.54) is 0 Å². The van der Waals surface area contributed by atoms with Crippen LogP contribution in [0.15, 0.2) is 48.5 Å². The quantitative estimate of drug-likeness (QED) is 0.536. The number of aryl methyl sites for hydroxylation is 2. The molecule has 2 aromatic rings. The van der Waals surface area contributed by atoms with Gasteiger partial charge < -0.3 is 14.6 Å². The maximum atomic E-state index is 12.2. The molecule has 2 atom stereocenters. The van der Waals surface area contributed by atoms with Crippen LogP contribution in [0, 0.1) is 13.8 Å². The van der Waals surface area contributed by atoms with Crippen LogP contribution in [0.3, 0.4) is 0 Å². The zero-order valence-electron chi connectivity index (χ0n) is 15.6. The van der Waals surface area contributed by atoms with Gasteiger partial charge in [-0.15, -0.1) is 0 Å². The second-order valence-corrected chi connectivity index (χ2v) is 6.82. The van der Waals surface area contributed by atoms with Gasteiger partial charge in [-0.2, -0.15) is 0 Å². The van der Waals surface area contributed by atoms with Crippen molar-refractivity contribution in [3.05, 3.63) is 70.8 Å². The van der Waals surface area contributed by atoms with Crippen LogP contribution in [0.4, 0.5) is 0 Å². The number of esters is 2. The Morgan fingerprint density at radius 3 is 1.82 bits per heavy atom. The summed E-state index contributed by atoms with van der Waals surface area (Å²) in [5.74, 6) is -1.35. The third kappa shape index (κ3) is 6.48. The minimum absolute atomic E-state index is 0.265. The molecule has 0 heterocycles. The van der Waals surface area contributed by atoms with E-state index in [9.17, 15) is 19.5 Å².